The van der Waals surface area contributed by atoms with Crippen LogP contribution >= 0.6 is 11.3 Å². The van der Waals surface area contributed by atoms with Crippen molar-refractivity contribution in [1.29, 1.82) is 0 Å². The van der Waals surface area contributed by atoms with Gasteiger partial charge in [-0.05, 0) is 54.6 Å². The smallest absolute Gasteiger partial charge is 0.263 e. The third-order valence-electron chi connectivity index (χ3n) is 4.63. The van der Waals surface area contributed by atoms with E-state index in [0.29, 0.717) is 0 Å². The van der Waals surface area contributed by atoms with Gasteiger partial charge in [-0.3, -0.25) is 0 Å². The van der Waals surface area contributed by atoms with Crippen LogP contribution < -0.4 is 26.4 Å². The van der Waals surface area contributed by atoms with Crippen molar-refractivity contribution < 1.29 is 26.0 Å². The molecule has 2 aromatic heterocycles. The van der Waals surface area contributed by atoms with E-state index in [4.69, 9.17) is 4.42 Å². The molecule has 0 atom stereocenters. The minimum atomic E-state index is 0. The Labute approximate surface area is 186 Å². The molecule has 29 heavy (non-hydrogen) atoms. The van der Waals surface area contributed by atoms with Crippen molar-refractivity contribution >= 4 is 39.4 Å². The maximum Gasteiger partial charge on any atom is 0.263 e. The molecule has 0 saturated carbocycles. The van der Waals surface area contributed by atoms with E-state index in [-0.39, 0.29) is 17.0 Å². The van der Waals surface area contributed by atoms with Gasteiger partial charge in [0.15, 0.2) is 6.54 Å². The molecule has 0 N–H and O–H groups in total. The van der Waals surface area contributed by atoms with Gasteiger partial charge in [-0.15, -0.1) is 0 Å². The molecule has 0 unspecified atom stereocenters. The Kier molecular flexibility index (Phi) is 6.72. The number of anilines is 1. The predicted octanol–water partition coefficient (Wildman–Crippen LogP) is 2.88. The van der Waals surface area contributed by atoms with E-state index < -0.39 is 0 Å². The predicted molar refractivity (Wildman–Crippen MR) is 120 cm³/mol. The van der Waals surface area contributed by atoms with Gasteiger partial charge in [-0.25, -0.2) is 0 Å². The summed E-state index contributed by atoms with van der Waals surface area (Å²) in [7, 11) is 4.08. The van der Waals surface area contributed by atoms with Crippen LogP contribution in [0.4, 0.5) is 5.69 Å². The Bertz CT molecular complexity index is 1140. The number of halogens is 1. The van der Waals surface area contributed by atoms with Crippen molar-refractivity contribution in [3.8, 4) is 11.3 Å². The largest absolute Gasteiger partial charge is 1.00 e. The normalized spacial score (nSPS) is 11.0. The van der Waals surface area contributed by atoms with Crippen LogP contribution in [0.2, 0.25) is 0 Å². The summed E-state index contributed by atoms with van der Waals surface area (Å²) >= 11 is 1.77. The van der Waals surface area contributed by atoms with E-state index in [1.807, 2.05) is 38.4 Å². The van der Waals surface area contributed by atoms with Gasteiger partial charge >= 0.3 is 0 Å². The number of fused-ring (bicyclic) bond motifs is 1. The first kappa shape index (κ1) is 21.1. The number of hydrogen-bond acceptors (Lipinski definition) is 3. The highest BCUT2D eigenvalue weighted by molar-refractivity contribution is 7.18. The number of hydrogen-bond donors (Lipinski definition) is 0. The molecule has 5 heteroatoms. The number of para-hydroxylation sites is 1. The first-order chi connectivity index (χ1) is 13.7. The molecular weight excluding hydrogens is 444 g/mol. The second kappa shape index (κ2) is 9.25. The Morgan fingerprint density at radius 1 is 1.00 bits per heavy atom. The lowest BCUT2D eigenvalue weighted by molar-refractivity contribution is -0.658. The number of benzene rings is 2. The molecule has 0 saturated heterocycles. The highest BCUT2D eigenvalue weighted by Crippen LogP contribution is 2.26. The molecule has 148 valence electrons. The number of allylic oxidation sites excluding steroid dienone is 1. The molecule has 0 aliphatic heterocycles. The molecule has 0 spiro atoms. The Hall–Kier alpha value is -2.63. The lowest BCUT2D eigenvalue weighted by Crippen LogP contribution is -3.00. The van der Waals surface area contributed by atoms with Crippen molar-refractivity contribution in [3.05, 3.63) is 84.1 Å². The molecular formula is C24H23BrN2OS. The fourth-order valence-electron chi connectivity index (χ4n) is 3.17. The molecule has 4 rings (SSSR count). The van der Waals surface area contributed by atoms with Crippen molar-refractivity contribution in [3.63, 3.8) is 0 Å². The number of furan rings is 1. The summed E-state index contributed by atoms with van der Waals surface area (Å²) in [6.45, 7) is 4.68. The molecule has 2 aromatic carbocycles. The highest BCUT2D eigenvalue weighted by atomic mass is 79.9. The van der Waals surface area contributed by atoms with Crippen molar-refractivity contribution in [2.75, 3.05) is 19.0 Å². The lowest BCUT2D eigenvalue weighted by atomic mass is 10.1. The molecule has 0 aliphatic rings. The summed E-state index contributed by atoms with van der Waals surface area (Å²) in [4.78, 5) is 2.09. The standard InChI is InChI=1S/C24H23N2OS.BrH/c1-4-17-26-21-7-5-6-8-23(21)28-24(26)16-14-20-13-15-22(27-20)18-9-11-19(12-10-18)25(2)3;/h4-16H,1,17H2,2-3H3;1H/q+1;/p-1. The summed E-state index contributed by atoms with van der Waals surface area (Å²) in [6.07, 6.45) is 6.08. The average molecular weight is 467 g/mol. The van der Waals surface area contributed by atoms with Gasteiger partial charge in [0.1, 0.15) is 16.2 Å². The fraction of sp³-hybridized carbons (Fsp3) is 0.125. The van der Waals surface area contributed by atoms with E-state index >= 15 is 0 Å². The monoisotopic (exact) mass is 466 g/mol. The fourth-order valence-corrected chi connectivity index (χ4v) is 4.24. The SMILES string of the molecule is C=CC[n+]1c(/C=C/c2ccc(-c3ccc(N(C)C)cc3)o2)sc2ccccc21.[Br-]. The third-order valence-corrected chi connectivity index (χ3v) is 5.76. The van der Waals surface area contributed by atoms with E-state index in [1.165, 1.54) is 20.9 Å². The van der Waals surface area contributed by atoms with Crippen LogP contribution in [-0.2, 0) is 6.54 Å². The van der Waals surface area contributed by atoms with Crippen LogP contribution in [0.25, 0.3) is 33.7 Å². The van der Waals surface area contributed by atoms with Gasteiger partial charge < -0.3 is 26.3 Å². The molecule has 4 aromatic rings. The van der Waals surface area contributed by atoms with Gasteiger partial charge in [-0.2, -0.15) is 4.57 Å². The van der Waals surface area contributed by atoms with Crippen molar-refractivity contribution in [2.24, 2.45) is 0 Å². The maximum atomic E-state index is 6.04. The first-order valence-electron chi connectivity index (χ1n) is 9.23. The van der Waals surface area contributed by atoms with Crippen LogP contribution in [0.5, 0.6) is 0 Å². The molecule has 3 nitrogen and oxygen atoms in total. The van der Waals surface area contributed by atoms with Gasteiger partial charge in [0.05, 0.1) is 0 Å². The molecule has 0 aliphatic carbocycles. The second-order valence-electron chi connectivity index (χ2n) is 6.78. The molecule has 0 radical (unpaired) electrons. The maximum absolute atomic E-state index is 6.04. The van der Waals surface area contributed by atoms with Crippen LogP contribution in [0.3, 0.4) is 0 Å². The number of thiazole rings is 1. The van der Waals surface area contributed by atoms with E-state index in [2.05, 4.69) is 70.7 Å². The summed E-state index contributed by atoms with van der Waals surface area (Å²) in [5.74, 6) is 1.72. The minimum Gasteiger partial charge on any atom is -1.00 e. The summed E-state index contributed by atoms with van der Waals surface area (Å²) in [5.41, 5.74) is 3.48. The first-order valence-corrected chi connectivity index (χ1v) is 10.1. The zero-order valence-electron chi connectivity index (χ0n) is 16.5. The zero-order valence-corrected chi connectivity index (χ0v) is 18.9. The van der Waals surface area contributed by atoms with E-state index in [9.17, 15) is 0 Å². The van der Waals surface area contributed by atoms with Crippen molar-refractivity contribution in [1.82, 2.24) is 0 Å². The molecule has 0 amide bonds. The van der Waals surface area contributed by atoms with E-state index in [1.54, 1.807) is 11.3 Å². The second-order valence-corrected chi connectivity index (χ2v) is 7.85. The molecule has 2 heterocycles. The summed E-state index contributed by atoms with van der Waals surface area (Å²) in [6, 6.07) is 20.9. The average Bonchev–Trinajstić information content (AvgIpc) is 3.32. The highest BCUT2D eigenvalue weighted by Gasteiger charge is 2.16. The van der Waals surface area contributed by atoms with Crippen LogP contribution in [-0.4, -0.2) is 14.1 Å². The minimum absolute atomic E-state index is 0. The quantitative estimate of drug-likeness (QED) is 0.321. The van der Waals surface area contributed by atoms with Crippen molar-refractivity contribution in [2.45, 2.75) is 6.54 Å². The lowest BCUT2D eigenvalue weighted by Gasteiger charge is -2.12. The molecule has 0 bridgehead atoms. The number of rotatable bonds is 6. The van der Waals surface area contributed by atoms with Gasteiger partial charge in [0, 0.05) is 37.5 Å². The topological polar surface area (TPSA) is 20.3 Å². The third kappa shape index (κ3) is 4.52. The Morgan fingerprint density at radius 3 is 2.48 bits per heavy atom. The van der Waals surface area contributed by atoms with E-state index in [0.717, 1.165) is 23.6 Å². The van der Waals surface area contributed by atoms with Crippen LogP contribution in [0.1, 0.15) is 10.8 Å². The van der Waals surface area contributed by atoms with Gasteiger partial charge in [0.25, 0.3) is 5.01 Å². The Balaban J connectivity index is 0.00000240. The molecule has 0 fully saturated rings. The number of aromatic nitrogens is 1. The van der Waals surface area contributed by atoms with Gasteiger partial charge in [0.2, 0.25) is 5.52 Å². The summed E-state index contributed by atoms with van der Waals surface area (Å²) in [5, 5.41) is 1.18. The zero-order chi connectivity index (χ0) is 19.5. The Morgan fingerprint density at radius 2 is 1.76 bits per heavy atom. The summed E-state index contributed by atoms with van der Waals surface area (Å²) < 4.78 is 9.58. The number of nitrogens with zero attached hydrogens (tertiary/aromatic N) is 2. The van der Waals surface area contributed by atoms with Gasteiger partial charge in [-0.1, -0.05) is 30.0 Å². The van der Waals surface area contributed by atoms with Crippen LogP contribution in [0, 0.1) is 0 Å². The van der Waals surface area contributed by atoms with Crippen LogP contribution in [0.15, 0.2) is 77.7 Å².